The van der Waals surface area contributed by atoms with Crippen LogP contribution >= 0.6 is 0 Å². The summed E-state index contributed by atoms with van der Waals surface area (Å²) in [6.07, 6.45) is -1.12. The van der Waals surface area contributed by atoms with Crippen LogP contribution in [-0.4, -0.2) is 50.7 Å². The highest BCUT2D eigenvalue weighted by Crippen LogP contribution is 2.31. The normalized spacial score (nSPS) is 18.7. The fourth-order valence-corrected chi connectivity index (χ4v) is 3.73. The summed E-state index contributed by atoms with van der Waals surface area (Å²) in [6.45, 7) is 4.33. The quantitative estimate of drug-likeness (QED) is 0.527. The number of hydrogen-bond donors (Lipinski definition) is 0. The topological polar surface area (TPSA) is 90.0 Å². The molecular weight excluding hydrogens is 389 g/mol. The fourth-order valence-electron chi connectivity index (χ4n) is 2.88. The van der Waals surface area contributed by atoms with Gasteiger partial charge in [-0.2, -0.15) is 0 Å². The van der Waals surface area contributed by atoms with Gasteiger partial charge >= 0.3 is 12.1 Å². The summed E-state index contributed by atoms with van der Waals surface area (Å²) in [7, 11) is -3.87. The number of benzene rings is 1. The van der Waals surface area contributed by atoms with Gasteiger partial charge < -0.3 is 9.47 Å². The number of esters is 1. The number of carbonyl (C=O) groups excluding carboxylic acids is 2. The maximum absolute atomic E-state index is 14.4. The molecule has 152 valence electrons. The summed E-state index contributed by atoms with van der Waals surface area (Å²) < 4.78 is 47.0. The van der Waals surface area contributed by atoms with Crippen molar-refractivity contribution in [2.45, 2.75) is 38.0 Å². The maximum Gasteiger partial charge on any atom is 0.414 e. The number of halogens is 1. The van der Waals surface area contributed by atoms with Crippen LogP contribution in [0.1, 0.15) is 32.8 Å². The Bertz CT molecular complexity index is 949. The smallest absolute Gasteiger partial charge is 0.414 e. The van der Waals surface area contributed by atoms with Gasteiger partial charge in [0.15, 0.2) is 14.6 Å². The molecule has 9 heteroatoms. The largest absolute Gasteiger partial charge is 0.465 e. The zero-order chi connectivity index (χ0) is 21.1. The van der Waals surface area contributed by atoms with Crippen molar-refractivity contribution in [3.8, 4) is 11.8 Å². The van der Waals surface area contributed by atoms with Gasteiger partial charge in [-0.15, -0.1) is 5.92 Å². The summed E-state index contributed by atoms with van der Waals surface area (Å²) in [4.78, 5) is 25.5. The van der Waals surface area contributed by atoms with Crippen molar-refractivity contribution in [1.82, 2.24) is 0 Å². The fraction of sp³-hybridized carbons (Fsp3) is 0.474. The van der Waals surface area contributed by atoms with Crippen LogP contribution in [0, 0.1) is 17.7 Å². The van der Waals surface area contributed by atoms with Gasteiger partial charge in [0, 0.05) is 18.2 Å². The zero-order valence-electron chi connectivity index (χ0n) is 16.1. The van der Waals surface area contributed by atoms with Crippen molar-refractivity contribution < 1.29 is 31.9 Å². The molecule has 0 aromatic heterocycles. The third kappa shape index (κ3) is 4.28. The molecule has 28 heavy (non-hydrogen) atoms. The van der Waals surface area contributed by atoms with Gasteiger partial charge in [0.25, 0.3) is 0 Å². The molecule has 0 N–H and O–H groups in total. The van der Waals surface area contributed by atoms with Crippen molar-refractivity contribution in [3.63, 3.8) is 0 Å². The Labute approximate surface area is 163 Å². The molecule has 1 amide bonds. The Morgan fingerprint density at radius 2 is 2.14 bits per heavy atom. The highest BCUT2D eigenvalue weighted by molar-refractivity contribution is 7.92. The first-order valence-corrected chi connectivity index (χ1v) is 10.5. The van der Waals surface area contributed by atoms with E-state index in [1.54, 1.807) is 19.9 Å². The molecule has 1 aliphatic heterocycles. The molecule has 1 aromatic rings. The average molecular weight is 411 g/mol. The molecule has 0 bridgehead atoms. The molecule has 1 fully saturated rings. The lowest BCUT2D eigenvalue weighted by atomic mass is 10.0. The van der Waals surface area contributed by atoms with E-state index in [1.165, 1.54) is 19.1 Å². The first kappa shape index (κ1) is 21.7. The molecule has 2 unspecified atom stereocenters. The summed E-state index contributed by atoms with van der Waals surface area (Å²) in [5.41, 5.74) is 0.450. The van der Waals surface area contributed by atoms with Gasteiger partial charge in [-0.1, -0.05) is 5.92 Å². The van der Waals surface area contributed by atoms with E-state index in [1.807, 2.05) is 0 Å². The highest BCUT2D eigenvalue weighted by atomic mass is 32.2. The van der Waals surface area contributed by atoms with Gasteiger partial charge in [0.1, 0.15) is 11.9 Å². The van der Waals surface area contributed by atoms with Gasteiger partial charge in [-0.25, -0.2) is 17.6 Å². The van der Waals surface area contributed by atoms with Crippen LogP contribution in [0.4, 0.5) is 14.9 Å². The van der Waals surface area contributed by atoms with E-state index in [0.29, 0.717) is 5.56 Å². The molecule has 2 atom stereocenters. The Balaban J connectivity index is 2.26. The monoisotopic (exact) mass is 411 g/mol. The van der Waals surface area contributed by atoms with E-state index in [9.17, 15) is 22.4 Å². The van der Waals surface area contributed by atoms with E-state index in [-0.39, 0.29) is 25.3 Å². The van der Waals surface area contributed by atoms with E-state index >= 15 is 0 Å². The van der Waals surface area contributed by atoms with Crippen molar-refractivity contribution in [2.24, 2.45) is 0 Å². The minimum atomic E-state index is -3.87. The lowest BCUT2D eigenvalue weighted by Gasteiger charge is -2.27. The number of cyclic esters (lactones) is 1. The van der Waals surface area contributed by atoms with Crippen LogP contribution in [-0.2, 0) is 24.1 Å². The molecule has 2 rings (SSSR count). The van der Waals surface area contributed by atoms with Crippen LogP contribution in [0.2, 0.25) is 0 Å². The number of carbonyl (C=O) groups is 2. The minimum absolute atomic E-state index is 0.00801. The molecule has 1 aliphatic rings. The van der Waals surface area contributed by atoms with Crippen LogP contribution in [0.5, 0.6) is 0 Å². The van der Waals surface area contributed by atoms with Crippen molar-refractivity contribution in [2.75, 3.05) is 24.3 Å². The second-order valence-corrected chi connectivity index (χ2v) is 9.03. The molecule has 1 aromatic carbocycles. The Hall–Kier alpha value is -2.60. The zero-order valence-corrected chi connectivity index (χ0v) is 16.9. The van der Waals surface area contributed by atoms with Gasteiger partial charge in [-0.05, 0) is 39.0 Å². The molecule has 7 nitrogen and oxygen atoms in total. The molecular formula is C19H22FNO6S. The first-order chi connectivity index (χ1) is 13.0. The second-order valence-electron chi connectivity index (χ2n) is 6.59. The molecule has 0 aliphatic carbocycles. The predicted molar refractivity (Wildman–Crippen MR) is 101 cm³/mol. The number of sulfone groups is 1. The Kier molecular flexibility index (Phi) is 6.34. The Morgan fingerprint density at radius 3 is 2.68 bits per heavy atom. The van der Waals surface area contributed by atoms with E-state index < -0.39 is 38.6 Å². The number of nitrogens with zero attached hydrogens (tertiary/aromatic N) is 1. The van der Waals surface area contributed by atoms with Crippen LogP contribution in [0.15, 0.2) is 18.2 Å². The third-order valence-corrected chi connectivity index (χ3v) is 6.49. The number of amides is 1. The number of rotatable bonds is 6. The highest BCUT2D eigenvalue weighted by Gasteiger charge is 2.49. The number of hydrogen-bond acceptors (Lipinski definition) is 6. The molecule has 1 saturated heterocycles. The van der Waals surface area contributed by atoms with Gasteiger partial charge in [0.05, 0.1) is 18.8 Å². The van der Waals surface area contributed by atoms with E-state index in [2.05, 4.69) is 11.8 Å². The number of ether oxygens (including phenoxy) is 2. The lowest BCUT2D eigenvalue weighted by molar-refractivity contribution is -0.146. The molecule has 1 heterocycles. The van der Waals surface area contributed by atoms with Crippen molar-refractivity contribution in [3.05, 3.63) is 29.6 Å². The first-order valence-electron chi connectivity index (χ1n) is 8.60. The summed E-state index contributed by atoms with van der Waals surface area (Å²) in [6, 6.07) is 4.17. The van der Waals surface area contributed by atoms with E-state index in [4.69, 9.17) is 9.47 Å². The summed E-state index contributed by atoms with van der Waals surface area (Å²) in [5, 5.41) is 0. The number of anilines is 1. The van der Waals surface area contributed by atoms with Crippen molar-refractivity contribution in [1.29, 1.82) is 0 Å². The average Bonchev–Trinajstić information content (AvgIpc) is 2.94. The van der Waals surface area contributed by atoms with Crippen LogP contribution in [0.3, 0.4) is 0 Å². The second kappa shape index (κ2) is 8.19. The standard InChI is InChI=1S/C19H22FNO6S/c1-5-7-13-8-9-16(15(20)10-13)21-12-14(27-18(21)23)11-19(3,28(4,24)25)17(22)26-6-2/h8-10,14H,6,11-12H2,1-4H3. The third-order valence-electron chi connectivity index (χ3n) is 4.52. The molecule has 0 spiro atoms. The van der Waals surface area contributed by atoms with Crippen LogP contribution < -0.4 is 4.90 Å². The molecule has 0 saturated carbocycles. The summed E-state index contributed by atoms with van der Waals surface area (Å²) in [5.74, 6) is 3.80. The molecule has 0 radical (unpaired) electrons. The maximum atomic E-state index is 14.4. The minimum Gasteiger partial charge on any atom is -0.465 e. The lowest BCUT2D eigenvalue weighted by Crippen LogP contribution is -2.47. The predicted octanol–water partition coefficient (Wildman–Crippen LogP) is 2.28. The van der Waals surface area contributed by atoms with Crippen molar-refractivity contribution >= 4 is 27.6 Å². The van der Waals surface area contributed by atoms with Gasteiger partial charge in [-0.3, -0.25) is 9.69 Å². The summed E-state index contributed by atoms with van der Waals surface area (Å²) >= 11 is 0. The van der Waals surface area contributed by atoms with Crippen LogP contribution in [0.25, 0.3) is 0 Å². The van der Waals surface area contributed by atoms with Gasteiger partial charge in [0.2, 0.25) is 0 Å². The van der Waals surface area contributed by atoms with E-state index in [0.717, 1.165) is 11.2 Å². The SMILES string of the molecule is CC#Cc1ccc(N2CC(CC(C)(C(=O)OCC)S(C)(=O)=O)OC2=O)c(F)c1. The Morgan fingerprint density at radius 1 is 1.46 bits per heavy atom.